The number of fused-ring (bicyclic) bond motifs is 5. The number of aliphatic hydroxyl groups is 2. The lowest BCUT2D eigenvalue weighted by molar-refractivity contribution is -0.270. The van der Waals surface area contributed by atoms with Gasteiger partial charge in [-0.3, -0.25) is 4.90 Å². The number of nitrogens with zero attached hydrogens (tertiary/aromatic N) is 1. The summed E-state index contributed by atoms with van der Waals surface area (Å²) in [6, 6.07) is -0.0318. The molecule has 0 spiro atoms. The Morgan fingerprint density at radius 2 is 1.58 bits per heavy atom. The second-order valence-corrected chi connectivity index (χ2v) is 11.1. The molecule has 7 atom stereocenters. The molecule has 0 aromatic rings. The van der Waals surface area contributed by atoms with Gasteiger partial charge in [0.25, 0.3) is 0 Å². The van der Waals surface area contributed by atoms with Gasteiger partial charge in [0, 0.05) is 5.41 Å². The van der Waals surface area contributed by atoms with Gasteiger partial charge in [-0.15, -0.1) is 0 Å². The fourth-order valence-corrected chi connectivity index (χ4v) is 8.75. The molecular weight excluding hydrogens is 322 g/mol. The summed E-state index contributed by atoms with van der Waals surface area (Å²) in [7, 11) is 0. The fourth-order valence-electron chi connectivity index (χ4n) is 8.75. The minimum atomic E-state index is -1.50. The SMILES string of the molecule is C[C@]12CCCCC1CC[C@@H]1[C@H]2CC[C@@]2(C)[C@H]1CC(N1CCCC1)C2(O)O. The van der Waals surface area contributed by atoms with Crippen LogP contribution in [0.25, 0.3) is 0 Å². The van der Waals surface area contributed by atoms with Crippen molar-refractivity contribution in [2.24, 2.45) is 34.5 Å². The van der Waals surface area contributed by atoms with E-state index in [9.17, 15) is 10.2 Å². The predicted molar refractivity (Wildman–Crippen MR) is 103 cm³/mol. The Balaban J connectivity index is 1.46. The summed E-state index contributed by atoms with van der Waals surface area (Å²) in [5, 5.41) is 22.7. The molecule has 148 valence electrons. The monoisotopic (exact) mass is 361 g/mol. The van der Waals surface area contributed by atoms with Crippen LogP contribution in [-0.4, -0.2) is 40.0 Å². The maximum Gasteiger partial charge on any atom is 0.184 e. The van der Waals surface area contributed by atoms with Crippen molar-refractivity contribution < 1.29 is 10.2 Å². The Morgan fingerprint density at radius 3 is 2.35 bits per heavy atom. The van der Waals surface area contributed by atoms with Crippen molar-refractivity contribution >= 4 is 0 Å². The van der Waals surface area contributed by atoms with Gasteiger partial charge in [-0.2, -0.15) is 0 Å². The Bertz CT molecular complexity index is 556. The van der Waals surface area contributed by atoms with Gasteiger partial charge >= 0.3 is 0 Å². The molecular formula is C23H39NO2. The van der Waals surface area contributed by atoms with Crippen LogP contribution in [0.4, 0.5) is 0 Å². The van der Waals surface area contributed by atoms with E-state index in [-0.39, 0.29) is 11.5 Å². The molecule has 5 aliphatic rings. The minimum Gasteiger partial charge on any atom is -0.364 e. The van der Waals surface area contributed by atoms with Gasteiger partial charge in [-0.05, 0) is 100.0 Å². The fraction of sp³-hybridized carbons (Fsp3) is 1.00. The molecule has 3 heteroatoms. The van der Waals surface area contributed by atoms with E-state index >= 15 is 0 Å². The molecule has 3 nitrogen and oxygen atoms in total. The van der Waals surface area contributed by atoms with Gasteiger partial charge in [0.15, 0.2) is 5.79 Å². The second kappa shape index (κ2) is 5.94. The zero-order chi connectivity index (χ0) is 18.2. The Morgan fingerprint density at radius 1 is 0.808 bits per heavy atom. The molecule has 0 aromatic heterocycles. The van der Waals surface area contributed by atoms with Crippen molar-refractivity contribution in [3.8, 4) is 0 Å². The molecule has 2 unspecified atom stereocenters. The van der Waals surface area contributed by atoms with Crippen LogP contribution in [0.15, 0.2) is 0 Å². The maximum absolute atomic E-state index is 11.4. The Hall–Kier alpha value is -0.120. The van der Waals surface area contributed by atoms with E-state index in [2.05, 4.69) is 18.7 Å². The second-order valence-electron chi connectivity index (χ2n) is 11.1. The van der Waals surface area contributed by atoms with E-state index in [0.717, 1.165) is 43.7 Å². The van der Waals surface area contributed by atoms with Gasteiger partial charge in [0.05, 0.1) is 6.04 Å². The van der Waals surface area contributed by atoms with Crippen molar-refractivity contribution in [3.63, 3.8) is 0 Å². The lowest BCUT2D eigenvalue weighted by Gasteiger charge is -2.60. The van der Waals surface area contributed by atoms with Gasteiger partial charge < -0.3 is 10.2 Å². The third-order valence-electron chi connectivity index (χ3n) is 10.3. The molecule has 0 aromatic carbocycles. The topological polar surface area (TPSA) is 43.7 Å². The van der Waals surface area contributed by atoms with Crippen LogP contribution in [0.3, 0.4) is 0 Å². The average Bonchev–Trinajstić information content (AvgIpc) is 3.20. The average molecular weight is 362 g/mol. The molecule has 5 rings (SSSR count). The van der Waals surface area contributed by atoms with Crippen molar-refractivity contribution in [2.75, 3.05) is 13.1 Å². The molecule has 1 saturated heterocycles. The first-order valence-corrected chi connectivity index (χ1v) is 11.6. The molecule has 0 radical (unpaired) electrons. The van der Waals surface area contributed by atoms with E-state index in [1.807, 2.05) is 0 Å². The van der Waals surface area contributed by atoms with Gasteiger partial charge in [0.2, 0.25) is 0 Å². The molecule has 1 aliphatic heterocycles. The van der Waals surface area contributed by atoms with Crippen molar-refractivity contribution in [1.29, 1.82) is 0 Å². The zero-order valence-corrected chi connectivity index (χ0v) is 16.9. The van der Waals surface area contributed by atoms with Crippen LogP contribution < -0.4 is 0 Å². The first-order chi connectivity index (χ1) is 12.4. The van der Waals surface area contributed by atoms with Crippen molar-refractivity contribution in [3.05, 3.63) is 0 Å². The minimum absolute atomic E-state index is 0.0318. The largest absolute Gasteiger partial charge is 0.364 e. The van der Waals surface area contributed by atoms with E-state index in [0.29, 0.717) is 11.3 Å². The van der Waals surface area contributed by atoms with E-state index in [4.69, 9.17) is 0 Å². The predicted octanol–water partition coefficient (Wildman–Crippen LogP) is 4.17. The van der Waals surface area contributed by atoms with E-state index < -0.39 is 5.79 Å². The summed E-state index contributed by atoms with van der Waals surface area (Å²) >= 11 is 0. The molecule has 4 aliphatic carbocycles. The van der Waals surface area contributed by atoms with Crippen LogP contribution >= 0.6 is 0 Å². The molecule has 26 heavy (non-hydrogen) atoms. The first-order valence-electron chi connectivity index (χ1n) is 11.6. The third kappa shape index (κ3) is 2.23. The van der Waals surface area contributed by atoms with Gasteiger partial charge in [0.1, 0.15) is 0 Å². The molecule has 5 fully saturated rings. The van der Waals surface area contributed by atoms with Crippen LogP contribution in [0, 0.1) is 34.5 Å². The maximum atomic E-state index is 11.4. The van der Waals surface area contributed by atoms with E-state index in [1.54, 1.807) is 0 Å². The lowest BCUT2D eigenvalue weighted by Crippen LogP contribution is -2.59. The van der Waals surface area contributed by atoms with Crippen molar-refractivity contribution in [1.82, 2.24) is 4.90 Å². The summed E-state index contributed by atoms with van der Waals surface area (Å²) in [4.78, 5) is 2.41. The first kappa shape index (κ1) is 17.9. The van der Waals surface area contributed by atoms with Crippen LogP contribution in [-0.2, 0) is 0 Å². The normalized spacial score (nSPS) is 53.8. The van der Waals surface area contributed by atoms with E-state index in [1.165, 1.54) is 57.8 Å². The van der Waals surface area contributed by atoms with Crippen LogP contribution in [0.1, 0.15) is 84.5 Å². The highest BCUT2D eigenvalue weighted by Crippen LogP contribution is 2.68. The summed E-state index contributed by atoms with van der Waals surface area (Å²) in [6.07, 6.45) is 14.1. The highest BCUT2D eigenvalue weighted by Gasteiger charge is 2.68. The standard InChI is InChI=1S/C23H39NO2/c1-21-11-4-3-7-16(21)8-9-17-18(21)10-12-22(2)19(17)15-20(23(22,25)26)24-13-5-6-14-24/h16-20,25-26H,3-15H2,1-2H3/t16?,17-,18-,19+,20?,21+,22+/m1/s1. The number of hydrogen-bond acceptors (Lipinski definition) is 3. The van der Waals surface area contributed by atoms with Crippen molar-refractivity contribution in [2.45, 2.75) is 96.3 Å². The number of rotatable bonds is 1. The number of likely N-dealkylation sites (tertiary alicyclic amines) is 1. The summed E-state index contributed by atoms with van der Waals surface area (Å²) < 4.78 is 0. The van der Waals surface area contributed by atoms with Gasteiger partial charge in [-0.1, -0.05) is 26.7 Å². The molecule has 0 amide bonds. The molecule has 1 heterocycles. The summed E-state index contributed by atoms with van der Waals surface area (Å²) in [5.41, 5.74) is 0.223. The highest BCUT2D eigenvalue weighted by atomic mass is 16.5. The smallest absolute Gasteiger partial charge is 0.184 e. The zero-order valence-electron chi connectivity index (χ0n) is 16.9. The number of hydrogen-bond donors (Lipinski definition) is 2. The summed E-state index contributed by atoms with van der Waals surface area (Å²) in [5.74, 6) is 1.48. The Labute approximate surface area is 159 Å². The molecule has 0 bridgehead atoms. The van der Waals surface area contributed by atoms with Crippen LogP contribution in [0.5, 0.6) is 0 Å². The molecule has 2 N–H and O–H groups in total. The van der Waals surface area contributed by atoms with Crippen LogP contribution in [0.2, 0.25) is 0 Å². The highest BCUT2D eigenvalue weighted by molar-refractivity contribution is 5.15. The molecule has 4 saturated carbocycles. The quantitative estimate of drug-likeness (QED) is 0.689. The third-order valence-corrected chi connectivity index (χ3v) is 10.3. The summed E-state index contributed by atoms with van der Waals surface area (Å²) in [6.45, 7) is 6.95. The Kier molecular flexibility index (Phi) is 4.10. The lowest BCUT2D eigenvalue weighted by atomic mass is 9.45. The van der Waals surface area contributed by atoms with Gasteiger partial charge in [-0.25, -0.2) is 0 Å².